The molecule has 0 aromatic heterocycles. The first-order valence-electron chi connectivity index (χ1n) is 6.07. The van der Waals surface area contributed by atoms with Crippen molar-refractivity contribution in [2.24, 2.45) is 0 Å². The van der Waals surface area contributed by atoms with Gasteiger partial charge in [0.15, 0.2) is 0 Å². The van der Waals surface area contributed by atoms with E-state index in [1.54, 1.807) is 42.5 Å². The molecule has 1 N–H and O–H groups in total. The van der Waals surface area contributed by atoms with Crippen molar-refractivity contribution in [3.05, 3.63) is 71.0 Å². The van der Waals surface area contributed by atoms with Crippen LogP contribution in [0.2, 0.25) is 0 Å². The van der Waals surface area contributed by atoms with Gasteiger partial charge in [0.25, 0.3) is 11.8 Å². The minimum atomic E-state index is -0.446. The number of amides is 2. The summed E-state index contributed by atoms with van der Waals surface area (Å²) in [6, 6.07) is 12.7. The van der Waals surface area contributed by atoms with Crippen LogP contribution in [0.4, 0.5) is 4.39 Å². The summed E-state index contributed by atoms with van der Waals surface area (Å²) in [4.78, 5) is 23.7. The first kappa shape index (κ1) is 12.3. The van der Waals surface area contributed by atoms with Crippen molar-refractivity contribution in [1.29, 1.82) is 0 Å². The summed E-state index contributed by atoms with van der Waals surface area (Å²) in [6.45, 7) is 0. The highest BCUT2D eigenvalue weighted by atomic mass is 19.1. The van der Waals surface area contributed by atoms with Crippen molar-refractivity contribution < 1.29 is 14.0 Å². The second-order valence-corrected chi connectivity index (χ2v) is 4.44. The minimum Gasteiger partial charge on any atom is -0.288 e. The average molecular weight is 267 g/mol. The van der Waals surface area contributed by atoms with Gasteiger partial charge >= 0.3 is 0 Å². The Morgan fingerprint density at radius 2 is 1.50 bits per heavy atom. The van der Waals surface area contributed by atoms with E-state index in [0.29, 0.717) is 22.3 Å². The van der Waals surface area contributed by atoms with Crippen LogP contribution in [0.15, 0.2) is 48.5 Å². The van der Waals surface area contributed by atoms with Crippen LogP contribution >= 0.6 is 0 Å². The Balaban J connectivity index is 2.13. The van der Waals surface area contributed by atoms with E-state index in [2.05, 4.69) is 5.32 Å². The van der Waals surface area contributed by atoms with Crippen molar-refractivity contribution in [3.63, 3.8) is 0 Å². The molecule has 2 aromatic rings. The lowest BCUT2D eigenvalue weighted by molar-refractivity contribution is -0.114. The highest BCUT2D eigenvalue weighted by molar-refractivity contribution is 6.33. The zero-order valence-electron chi connectivity index (χ0n) is 10.4. The molecular weight excluding hydrogens is 257 g/mol. The van der Waals surface area contributed by atoms with Crippen molar-refractivity contribution in [2.45, 2.75) is 0 Å². The third kappa shape index (κ3) is 2.12. The SMILES string of the molecule is O=C1NC(=O)c2ccccc2C1=Cc1ccc(F)cc1. The highest BCUT2D eigenvalue weighted by Gasteiger charge is 2.26. The minimum absolute atomic E-state index is 0.337. The summed E-state index contributed by atoms with van der Waals surface area (Å²) in [5.41, 5.74) is 2.14. The summed E-state index contributed by atoms with van der Waals surface area (Å²) in [5.74, 6) is -1.18. The molecular formula is C16H10FNO2. The van der Waals surface area contributed by atoms with Crippen LogP contribution < -0.4 is 5.32 Å². The molecule has 0 bridgehead atoms. The van der Waals surface area contributed by atoms with Crippen LogP contribution in [0.1, 0.15) is 21.5 Å². The van der Waals surface area contributed by atoms with Crippen LogP contribution in [0.25, 0.3) is 11.6 Å². The fraction of sp³-hybridized carbons (Fsp3) is 0. The van der Waals surface area contributed by atoms with Gasteiger partial charge in [0.1, 0.15) is 5.82 Å². The maximum atomic E-state index is 12.9. The fourth-order valence-electron chi connectivity index (χ4n) is 2.15. The first-order valence-corrected chi connectivity index (χ1v) is 6.07. The molecule has 2 amide bonds. The van der Waals surface area contributed by atoms with Gasteiger partial charge in [0, 0.05) is 11.1 Å². The normalized spacial score (nSPS) is 15.9. The van der Waals surface area contributed by atoms with Crippen LogP contribution in [0.3, 0.4) is 0 Å². The van der Waals surface area contributed by atoms with Gasteiger partial charge in [0.2, 0.25) is 0 Å². The molecule has 0 radical (unpaired) electrons. The lowest BCUT2D eigenvalue weighted by Crippen LogP contribution is -2.36. The lowest BCUT2D eigenvalue weighted by atomic mass is 9.93. The van der Waals surface area contributed by atoms with E-state index >= 15 is 0 Å². The van der Waals surface area contributed by atoms with E-state index < -0.39 is 11.8 Å². The number of carbonyl (C=O) groups excluding carboxylic acids is 2. The van der Waals surface area contributed by atoms with Crippen LogP contribution in [0, 0.1) is 5.82 Å². The quantitative estimate of drug-likeness (QED) is 0.637. The Bertz CT molecular complexity index is 732. The lowest BCUT2D eigenvalue weighted by Gasteiger charge is -2.17. The molecule has 0 saturated heterocycles. The number of hydrogen-bond acceptors (Lipinski definition) is 2. The molecule has 4 heteroatoms. The van der Waals surface area contributed by atoms with Gasteiger partial charge in [-0.3, -0.25) is 14.9 Å². The number of halogens is 1. The summed E-state index contributed by atoms with van der Waals surface area (Å²) < 4.78 is 12.9. The second-order valence-electron chi connectivity index (χ2n) is 4.44. The first-order chi connectivity index (χ1) is 9.65. The van der Waals surface area contributed by atoms with Crippen molar-refractivity contribution in [3.8, 4) is 0 Å². The molecule has 1 aliphatic heterocycles. The Kier molecular flexibility index (Phi) is 2.91. The van der Waals surface area contributed by atoms with Crippen molar-refractivity contribution in [1.82, 2.24) is 5.32 Å². The Labute approximate surface area is 114 Å². The Morgan fingerprint density at radius 3 is 2.20 bits per heavy atom. The molecule has 1 aliphatic rings. The molecule has 0 aliphatic carbocycles. The fourth-order valence-corrected chi connectivity index (χ4v) is 2.15. The average Bonchev–Trinajstić information content (AvgIpc) is 2.45. The van der Waals surface area contributed by atoms with E-state index in [1.807, 2.05) is 0 Å². The molecule has 0 fully saturated rings. The standard InChI is InChI=1S/C16H10FNO2/c17-11-7-5-10(6-8-11)9-14-12-3-1-2-4-13(12)15(19)18-16(14)20/h1-9H,(H,18,19,20). The molecule has 0 atom stereocenters. The Hall–Kier alpha value is -2.75. The maximum Gasteiger partial charge on any atom is 0.258 e. The van der Waals surface area contributed by atoms with E-state index in [9.17, 15) is 14.0 Å². The van der Waals surface area contributed by atoms with E-state index in [-0.39, 0.29) is 5.82 Å². The van der Waals surface area contributed by atoms with Gasteiger partial charge in [-0.1, -0.05) is 30.3 Å². The number of imide groups is 1. The molecule has 1 heterocycles. The number of fused-ring (bicyclic) bond motifs is 1. The molecule has 0 saturated carbocycles. The van der Waals surface area contributed by atoms with Gasteiger partial charge < -0.3 is 0 Å². The molecule has 3 nitrogen and oxygen atoms in total. The van der Waals surface area contributed by atoms with Gasteiger partial charge in [-0.05, 0) is 35.4 Å². The Morgan fingerprint density at radius 1 is 0.850 bits per heavy atom. The monoisotopic (exact) mass is 267 g/mol. The van der Waals surface area contributed by atoms with E-state index in [1.165, 1.54) is 12.1 Å². The summed E-state index contributed by atoms with van der Waals surface area (Å²) in [5, 5.41) is 2.30. The van der Waals surface area contributed by atoms with Gasteiger partial charge in [-0.2, -0.15) is 0 Å². The number of benzene rings is 2. The van der Waals surface area contributed by atoms with E-state index in [0.717, 1.165) is 0 Å². The highest BCUT2D eigenvalue weighted by Crippen LogP contribution is 2.25. The predicted octanol–water partition coefficient (Wildman–Crippen LogP) is 2.64. The summed E-state index contributed by atoms with van der Waals surface area (Å²) in [6.07, 6.45) is 1.64. The molecule has 0 spiro atoms. The zero-order valence-corrected chi connectivity index (χ0v) is 10.4. The van der Waals surface area contributed by atoms with E-state index in [4.69, 9.17) is 0 Å². The number of nitrogens with one attached hydrogen (secondary N) is 1. The maximum absolute atomic E-state index is 12.9. The number of rotatable bonds is 1. The van der Waals surface area contributed by atoms with Crippen LogP contribution in [-0.4, -0.2) is 11.8 Å². The molecule has 3 rings (SSSR count). The van der Waals surface area contributed by atoms with Gasteiger partial charge in [-0.15, -0.1) is 0 Å². The third-order valence-corrected chi connectivity index (χ3v) is 3.11. The number of hydrogen-bond donors (Lipinski definition) is 1. The van der Waals surface area contributed by atoms with Gasteiger partial charge in [0.05, 0.1) is 0 Å². The summed E-state index contributed by atoms with van der Waals surface area (Å²) in [7, 11) is 0. The summed E-state index contributed by atoms with van der Waals surface area (Å²) >= 11 is 0. The molecule has 0 unspecified atom stereocenters. The van der Waals surface area contributed by atoms with Crippen molar-refractivity contribution >= 4 is 23.5 Å². The molecule has 98 valence electrons. The smallest absolute Gasteiger partial charge is 0.258 e. The van der Waals surface area contributed by atoms with Crippen molar-refractivity contribution in [2.75, 3.05) is 0 Å². The number of carbonyl (C=O) groups is 2. The van der Waals surface area contributed by atoms with Crippen LogP contribution in [-0.2, 0) is 4.79 Å². The largest absolute Gasteiger partial charge is 0.288 e. The molecule has 2 aromatic carbocycles. The molecule has 20 heavy (non-hydrogen) atoms. The van der Waals surface area contributed by atoms with Gasteiger partial charge in [-0.25, -0.2) is 4.39 Å². The van der Waals surface area contributed by atoms with Crippen LogP contribution in [0.5, 0.6) is 0 Å². The predicted molar refractivity (Wildman–Crippen MR) is 73.2 cm³/mol. The second kappa shape index (κ2) is 4.74. The third-order valence-electron chi connectivity index (χ3n) is 3.11. The topological polar surface area (TPSA) is 46.2 Å². The zero-order chi connectivity index (χ0) is 14.1.